The van der Waals surface area contributed by atoms with Gasteiger partial charge in [-0.3, -0.25) is 4.98 Å². The molecule has 19 heavy (non-hydrogen) atoms. The highest BCUT2D eigenvalue weighted by Crippen LogP contribution is 1.93. The summed E-state index contributed by atoms with van der Waals surface area (Å²) < 4.78 is 15.7. The highest BCUT2D eigenvalue weighted by Gasteiger charge is 1.93. The summed E-state index contributed by atoms with van der Waals surface area (Å²) in [7, 11) is 1.70. The summed E-state index contributed by atoms with van der Waals surface area (Å²) in [5.41, 5.74) is 1.18. The highest BCUT2D eigenvalue weighted by atomic mass is 16.5. The van der Waals surface area contributed by atoms with Gasteiger partial charge in [0.1, 0.15) is 0 Å². The monoisotopic (exact) mass is 268 g/mol. The third-order valence-electron chi connectivity index (χ3n) is 2.48. The van der Waals surface area contributed by atoms with Crippen LogP contribution in [0.4, 0.5) is 0 Å². The molecule has 1 rings (SSSR count). The molecule has 5 heteroatoms. The number of aromatic nitrogens is 1. The van der Waals surface area contributed by atoms with Crippen molar-refractivity contribution in [3.63, 3.8) is 0 Å². The number of rotatable bonds is 12. The van der Waals surface area contributed by atoms with E-state index in [2.05, 4.69) is 16.4 Å². The lowest BCUT2D eigenvalue weighted by molar-refractivity contribution is 0.0408. The molecule has 1 aromatic rings. The number of hydrogen-bond acceptors (Lipinski definition) is 5. The number of methoxy groups -OCH3 is 1. The standard InChI is InChI=1S/C14H24N2O3/c1-17-7-3-8-18-10-11-19-9-6-16-13-14-4-2-5-15-12-14/h2,4-5,12,16H,3,6-11,13H2,1H3. The van der Waals surface area contributed by atoms with E-state index in [1.54, 1.807) is 13.3 Å². The second-order valence-electron chi connectivity index (χ2n) is 4.11. The summed E-state index contributed by atoms with van der Waals surface area (Å²) in [4.78, 5) is 4.06. The summed E-state index contributed by atoms with van der Waals surface area (Å²) in [6.45, 7) is 5.12. The van der Waals surface area contributed by atoms with Gasteiger partial charge in [-0.1, -0.05) is 6.07 Å². The fourth-order valence-corrected chi connectivity index (χ4v) is 1.51. The van der Waals surface area contributed by atoms with Crippen molar-refractivity contribution in [1.29, 1.82) is 0 Å². The molecule has 0 saturated carbocycles. The zero-order valence-corrected chi connectivity index (χ0v) is 11.6. The fourth-order valence-electron chi connectivity index (χ4n) is 1.51. The van der Waals surface area contributed by atoms with E-state index < -0.39 is 0 Å². The van der Waals surface area contributed by atoms with Crippen molar-refractivity contribution in [3.05, 3.63) is 30.1 Å². The van der Waals surface area contributed by atoms with Gasteiger partial charge in [0.25, 0.3) is 0 Å². The Morgan fingerprint density at radius 1 is 1.11 bits per heavy atom. The van der Waals surface area contributed by atoms with Gasteiger partial charge in [0, 0.05) is 45.8 Å². The van der Waals surface area contributed by atoms with Gasteiger partial charge in [0.2, 0.25) is 0 Å². The van der Waals surface area contributed by atoms with Gasteiger partial charge >= 0.3 is 0 Å². The maximum absolute atomic E-state index is 5.44. The maximum atomic E-state index is 5.44. The van der Waals surface area contributed by atoms with Crippen LogP contribution in [0.2, 0.25) is 0 Å². The molecule has 1 heterocycles. The molecule has 1 N–H and O–H groups in total. The second kappa shape index (κ2) is 12.0. The summed E-state index contributed by atoms with van der Waals surface area (Å²) in [5.74, 6) is 0. The van der Waals surface area contributed by atoms with Crippen LogP contribution in [0.15, 0.2) is 24.5 Å². The molecular weight excluding hydrogens is 244 g/mol. The molecule has 1 aromatic heterocycles. The van der Waals surface area contributed by atoms with Gasteiger partial charge in [0.15, 0.2) is 0 Å². The number of hydrogen-bond donors (Lipinski definition) is 1. The Balaban J connectivity index is 1.79. The molecule has 0 aromatic carbocycles. The lowest BCUT2D eigenvalue weighted by Gasteiger charge is -2.07. The first-order chi connectivity index (χ1) is 9.43. The van der Waals surface area contributed by atoms with Crippen LogP contribution in [0.25, 0.3) is 0 Å². The van der Waals surface area contributed by atoms with Gasteiger partial charge in [-0.05, 0) is 18.1 Å². The molecule has 0 aliphatic carbocycles. The first-order valence-corrected chi connectivity index (χ1v) is 6.67. The predicted molar refractivity (Wildman–Crippen MR) is 74.1 cm³/mol. The quantitative estimate of drug-likeness (QED) is 0.578. The Morgan fingerprint density at radius 2 is 1.95 bits per heavy atom. The molecule has 0 unspecified atom stereocenters. The van der Waals surface area contributed by atoms with Crippen LogP contribution in [0, 0.1) is 0 Å². The molecule has 0 radical (unpaired) electrons. The first kappa shape index (κ1) is 16.0. The zero-order valence-electron chi connectivity index (χ0n) is 11.6. The lowest BCUT2D eigenvalue weighted by Crippen LogP contribution is -2.20. The van der Waals surface area contributed by atoms with Crippen molar-refractivity contribution >= 4 is 0 Å². The van der Waals surface area contributed by atoms with Crippen LogP contribution < -0.4 is 5.32 Å². The van der Waals surface area contributed by atoms with Crippen molar-refractivity contribution in [2.75, 3.05) is 46.7 Å². The largest absolute Gasteiger partial charge is 0.385 e. The Hall–Kier alpha value is -1.01. The summed E-state index contributed by atoms with van der Waals surface area (Å²) in [5, 5.41) is 3.30. The third kappa shape index (κ3) is 9.55. The maximum Gasteiger partial charge on any atom is 0.0701 e. The predicted octanol–water partition coefficient (Wildman–Crippen LogP) is 1.24. The molecule has 0 bridgehead atoms. The molecule has 0 saturated heterocycles. The zero-order chi connectivity index (χ0) is 13.6. The number of pyridine rings is 1. The Bertz CT molecular complexity index is 296. The summed E-state index contributed by atoms with van der Waals surface area (Å²) >= 11 is 0. The molecule has 0 aliphatic rings. The van der Waals surface area contributed by atoms with E-state index in [1.807, 2.05) is 12.3 Å². The van der Waals surface area contributed by atoms with Crippen molar-refractivity contribution < 1.29 is 14.2 Å². The number of nitrogens with one attached hydrogen (secondary N) is 1. The molecule has 0 fully saturated rings. The summed E-state index contributed by atoms with van der Waals surface area (Å²) in [6.07, 6.45) is 4.57. The minimum absolute atomic E-state index is 0.640. The number of ether oxygens (including phenoxy) is 3. The smallest absolute Gasteiger partial charge is 0.0701 e. The van der Waals surface area contributed by atoms with Crippen LogP contribution in [0.5, 0.6) is 0 Å². The minimum Gasteiger partial charge on any atom is -0.385 e. The van der Waals surface area contributed by atoms with Crippen LogP contribution in [-0.4, -0.2) is 51.7 Å². The van der Waals surface area contributed by atoms with E-state index in [0.29, 0.717) is 19.8 Å². The topological polar surface area (TPSA) is 52.6 Å². The van der Waals surface area contributed by atoms with Gasteiger partial charge in [-0.25, -0.2) is 0 Å². The van der Waals surface area contributed by atoms with Crippen LogP contribution >= 0.6 is 0 Å². The van der Waals surface area contributed by atoms with Gasteiger partial charge in [-0.15, -0.1) is 0 Å². The molecule has 0 aliphatic heterocycles. The molecular formula is C14H24N2O3. The number of nitrogens with zero attached hydrogens (tertiary/aromatic N) is 1. The SMILES string of the molecule is COCCCOCCOCCNCc1cccnc1. The summed E-state index contributed by atoms with van der Waals surface area (Å²) in [6, 6.07) is 3.99. The Morgan fingerprint density at radius 3 is 2.68 bits per heavy atom. The van der Waals surface area contributed by atoms with Crippen molar-refractivity contribution in [2.24, 2.45) is 0 Å². The van der Waals surface area contributed by atoms with Crippen molar-refractivity contribution in [3.8, 4) is 0 Å². The van der Waals surface area contributed by atoms with Gasteiger partial charge in [0.05, 0.1) is 19.8 Å². The Kier molecular flexibility index (Phi) is 10.2. The van der Waals surface area contributed by atoms with Gasteiger partial charge in [-0.2, -0.15) is 0 Å². The average Bonchev–Trinajstić information content (AvgIpc) is 2.46. The molecule has 0 atom stereocenters. The van der Waals surface area contributed by atoms with Crippen LogP contribution in [-0.2, 0) is 20.8 Å². The normalized spacial score (nSPS) is 10.8. The fraction of sp³-hybridized carbons (Fsp3) is 0.643. The van der Waals surface area contributed by atoms with E-state index >= 15 is 0 Å². The van der Waals surface area contributed by atoms with Crippen molar-refractivity contribution in [1.82, 2.24) is 10.3 Å². The Labute approximate surface area is 115 Å². The van der Waals surface area contributed by atoms with E-state index in [-0.39, 0.29) is 0 Å². The van der Waals surface area contributed by atoms with Crippen LogP contribution in [0.3, 0.4) is 0 Å². The average molecular weight is 268 g/mol. The van der Waals surface area contributed by atoms with Gasteiger partial charge < -0.3 is 19.5 Å². The van der Waals surface area contributed by atoms with E-state index in [4.69, 9.17) is 14.2 Å². The minimum atomic E-state index is 0.640. The van der Waals surface area contributed by atoms with Crippen LogP contribution in [0.1, 0.15) is 12.0 Å². The third-order valence-corrected chi connectivity index (χ3v) is 2.48. The molecule has 108 valence electrons. The second-order valence-corrected chi connectivity index (χ2v) is 4.11. The van der Waals surface area contributed by atoms with E-state index in [9.17, 15) is 0 Å². The van der Waals surface area contributed by atoms with E-state index in [1.165, 1.54) is 5.56 Å². The van der Waals surface area contributed by atoms with Crippen molar-refractivity contribution in [2.45, 2.75) is 13.0 Å². The first-order valence-electron chi connectivity index (χ1n) is 6.67. The molecule has 5 nitrogen and oxygen atoms in total. The molecule has 0 spiro atoms. The molecule has 0 amide bonds. The lowest BCUT2D eigenvalue weighted by atomic mass is 10.3. The van der Waals surface area contributed by atoms with E-state index in [0.717, 1.165) is 32.7 Å². The highest BCUT2D eigenvalue weighted by molar-refractivity contribution is 5.07.